The highest BCUT2D eigenvalue weighted by Crippen LogP contribution is 2.37. The van der Waals surface area contributed by atoms with Crippen LogP contribution in [-0.2, 0) is 14.3 Å². The van der Waals surface area contributed by atoms with Crippen LogP contribution in [0.5, 0.6) is 0 Å². The van der Waals surface area contributed by atoms with Crippen LogP contribution in [0.25, 0.3) is 0 Å². The molecule has 8 heteroatoms. The molecular formula is C22H25N3O4S. The van der Waals surface area contributed by atoms with Crippen molar-refractivity contribution < 1.29 is 19.1 Å². The van der Waals surface area contributed by atoms with Crippen LogP contribution in [0, 0.1) is 0 Å². The van der Waals surface area contributed by atoms with E-state index in [1.807, 2.05) is 29.2 Å². The molecule has 0 bridgehead atoms. The number of benzene rings is 1. The molecule has 3 heterocycles. The van der Waals surface area contributed by atoms with Gasteiger partial charge in [0.1, 0.15) is 11.4 Å². The maximum Gasteiger partial charge on any atom is 0.342 e. The number of carbonyl (C=O) groups excluding carboxylic acids is 2. The van der Waals surface area contributed by atoms with E-state index in [1.165, 1.54) is 0 Å². The SMILES string of the molecule is C[C@@H]1CCN(C(=O)COC(=O)c2cccnc2N2CCOCC2)c2ccccc2S1. The van der Waals surface area contributed by atoms with Gasteiger partial charge < -0.3 is 19.3 Å². The summed E-state index contributed by atoms with van der Waals surface area (Å²) in [6.45, 7) is 4.97. The van der Waals surface area contributed by atoms with E-state index in [9.17, 15) is 9.59 Å². The summed E-state index contributed by atoms with van der Waals surface area (Å²) >= 11 is 1.77. The van der Waals surface area contributed by atoms with Crippen molar-refractivity contribution in [3.8, 4) is 0 Å². The van der Waals surface area contributed by atoms with Crippen LogP contribution in [-0.4, -0.2) is 61.6 Å². The van der Waals surface area contributed by atoms with E-state index in [0.29, 0.717) is 49.5 Å². The third-order valence-corrected chi connectivity index (χ3v) is 6.43. The van der Waals surface area contributed by atoms with Gasteiger partial charge in [0.25, 0.3) is 5.91 Å². The third-order valence-electron chi connectivity index (χ3n) is 5.19. The Balaban J connectivity index is 1.45. The number of esters is 1. The van der Waals surface area contributed by atoms with Crippen molar-refractivity contribution in [3.05, 3.63) is 48.2 Å². The Morgan fingerprint density at radius 2 is 1.97 bits per heavy atom. The van der Waals surface area contributed by atoms with Gasteiger partial charge in [0.2, 0.25) is 0 Å². The lowest BCUT2D eigenvalue weighted by atomic mass is 10.2. The summed E-state index contributed by atoms with van der Waals surface area (Å²) in [5, 5.41) is 0.415. The minimum absolute atomic E-state index is 0.220. The molecule has 1 atom stereocenters. The Kier molecular flexibility index (Phi) is 6.54. The summed E-state index contributed by atoms with van der Waals surface area (Å²) in [6.07, 6.45) is 2.53. The molecule has 1 aromatic heterocycles. The molecule has 0 spiro atoms. The number of aromatic nitrogens is 1. The highest BCUT2D eigenvalue weighted by Gasteiger charge is 2.26. The Morgan fingerprint density at radius 3 is 2.80 bits per heavy atom. The molecule has 1 fully saturated rings. The normalized spacial score (nSPS) is 19.0. The molecule has 158 valence electrons. The first-order chi connectivity index (χ1) is 14.6. The van der Waals surface area contributed by atoms with E-state index in [-0.39, 0.29) is 12.5 Å². The van der Waals surface area contributed by atoms with Crippen molar-refractivity contribution in [3.63, 3.8) is 0 Å². The number of nitrogens with zero attached hydrogens (tertiary/aromatic N) is 3. The van der Waals surface area contributed by atoms with Gasteiger partial charge in [-0.15, -0.1) is 11.8 Å². The maximum atomic E-state index is 12.9. The summed E-state index contributed by atoms with van der Waals surface area (Å²) in [6, 6.07) is 11.3. The highest BCUT2D eigenvalue weighted by atomic mass is 32.2. The number of thioether (sulfide) groups is 1. The first kappa shape index (κ1) is 20.7. The van der Waals surface area contributed by atoms with Crippen LogP contribution < -0.4 is 9.80 Å². The second kappa shape index (κ2) is 9.49. The number of hydrogen-bond donors (Lipinski definition) is 0. The lowest BCUT2D eigenvalue weighted by molar-refractivity contribution is -0.121. The van der Waals surface area contributed by atoms with Crippen molar-refractivity contribution in [2.45, 2.75) is 23.5 Å². The van der Waals surface area contributed by atoms with Crippen LogP contribution >= 0.6 is 11.8 Å². The highest BCUT2D eigenvalue weighted by molar-refractivity contribution is 8.00. The molecule has 1 amide bonds. The second-order valence-electron chi connectivity index (χ2n) is 7.28. The molecule has 30 heavy (non-hydrogen) atoms. The summed E-state index contributed by atoms with van der Waals surface area (Å²) < 4.78 is 10.8. The van der Waals surface area contributed by atoms with Gasteiger partial charge in [0.05, 0.1) is 18.9 Å². The van der Waals surface area contributed by atoms with Crippen LogP contribution in [0.2, 0.25) is 0 Å². The largest absolute Gasteiger partial charge is 0.452 e. The first-order valence-corrected chi connectivity index (χ1v) is 11.0. The number of anilines is 2. The number of fused-ring (bicyclic) bond motifs is 1. The van der Waals surface area contributed by atoms with Crippen molar-refractivity contribution in [2.75, 3.05) is 49.3 Å². The van der Waals surface area contributed by atoms with Crippen molar-refractivity contribution in [1.29, 1.82) is 0 Å². The van der Waals surface area contributed by atoms with Crippen LogP contribution in [0.1, 0.15) is 23.7 Å². The number of pyridine rings is 1. The second-order valence-corrected chi connectivity index (χ2v) is 8.76. The Bertz CT molecular complexity index is 917. The quantitative estimate of drug-likeness (QED) is 0.695. The molecule has 1 aromatic carbocycles. The molecule has 2 aliphatic heterocycles. The zero-order valence-corrected chi connectivity index (χ0v) is 17.8. The van der Waals surface area contributed by atoms with E-state index in [2.05, 4.69) is 11.9 Å². The Labute approximate surface area is 180 Å². The molecule has 4 rings (SSSR count). The molecule has 2 aliphatic rings. The van der Waals surface area contributed by atoms with E-state index < -0.39 is 5.97 Å². The lowest BCUT2D eigenvalue weighted by Gasteiger charge is -2.29. The first-order valence-electron chi connectivity index (χ1n) is 10.1. The molecule has 0 unspecified atom stereocenters. The summed E-state index contributed by atoms with van der Waals surface area (Å²) in [7, 11) is 0. The number of rotatable bonds is 4. The van der Waals surface area contributed by atoms with E-state index in [4.69, 9.17) is 9.47 Å². The number of hydrogen-bond acceptors (Lipinski definition) is 7. The van der Waals surface area contributed by atoms with Gasteiger partial charge in [-0.3, -0.25) is 4.79 Å². The molecule has 7 nitrogen and oxygen atoms in total. The van der Waals surface area contributed by atoms with Gasteiger partial charge in [-0.1, -0.05) is 19.1 Å². The lowest BCUT2D eigenvalue weighted by Crippen LogP contribution is -2.38. The van der Waals surface area contributed by atoms with Gasteiger partial charge in [-0.25, -0.2) is 9.78 Å². The van der Waals surface area contributed by atoms with Crippen molar-refractivity contribution in [2.24, 2.45) is 0 Å². The molecule has 0 radical (unpaired) electrons. The Hall–Kier alpha value is -2.58. The predicted molar refractivity (Wildman–Crippen MR) is 116 cm³/mol. The third kappa shape index (κ3) is 4.60. The summed E-state index contributed by atoms with van der Waals surface area (Å²) in [4.78, 5) is 34.9. The Morgan fingerprint density at radius 1 is 1.17 bits per heavy atom. The minimum atomic E-state index is -0.538. The fourth-order valence-electron chi connectivity index (χ4n) is 3.61. The fourth-order valence-corrected chi connectivity index (χ4v) is 4.73. The number of amides is 1. The molecule has 2 aromatic rings. The zero-order chi connectivity index (χ0) is 20.9. The van der Waals surface area contributed by atoms with Crippen LogP contribution in [0.15, 0.2) is 47.5 Å². The predicted octanol–water partition coefficient (Wildman–Crippen LogP) is 2.99. The van der Waals surface area contributed by atoms with Crippen molar-refractivity contribution in [1.82, 2.24) is 4.98 Å². The van der Waals surface area contributed by atoms with Gasteiger partial charge in [0.15, 0.2) is 6.61 Å². The topological polar surface area (TPSA) is 72.0 Å². The number of carbonyl (C=O) groups is 2. The molecule has 0 saturated carbocycles. The summed E-state index contributed by atoms with van der Waals surface area (Å²) in [5.41, 5.74) is 1.25. The maximum absolute atomic E-state index is 12.9. The monoisotopic (exact) mass is 427 g/mol. The zero-order valence-electron chi connectivity index (χ0n) is 17.0. The van der Waals surface area contributed by atoms with Gasteiger partial charge in [-0.05, 0) is 30.7 Å². The smallest absolute Gasteiger partial charge is 0.342 e. The standard InChI is InChI=1S/C22H25N3O4S/c1-16-8-10-25(18-6-2-3-7-19(18)30-16)20(26)15-29-22(27)17-5-4-9-23-21(17)24-11-13-28-14-12-24/h2-7,9,16H,8,10-15H2,1H3/t16-/m1/s1. The van der Waals surface area contributed by atoms with Gasteiger partial charge in [-0.2, -0.15) is 0 Å². The minimum Gasteiger partial charge on any atom is -0.452 e. The van der Waals surface area contributed by atoms with Crippen LogP contribution in [0.4, 0.5) is 11.5 Å². The van der Waals surface area contributed by atoms with Crippen molar-refractivity contribution >= 4 is 35.1 Å². The van der Waals surface area contributed by atoms with E-state index in [0.717, 1.165) is 17.0 Å². The average Bonchev–Trinajstić information content (AvgIpc) is 2.96. The number of morpholine rings is 1. The van der Waals surface area contributed by atoms with E-state index in [1.54, 1.807) is 35.0 Å². The molecule has 0 aliphatic carbocycles. The van der Waals surface area contributed by atoms with Gasteiger partial charge >= 0.3 is 5.97 Å². The molecular weight excluding hydrogens is 402 g/mol. The van der Waals surface area contributed by atoms with E-state index >= 15 is 0 Å². The molecule has 1 saturated heterocycles. The number of ether oxygens (including phenoxy) is 2. The number of para-hydroxylation sites is 1. The molecule has 0 N–H and O–H groups in total. The van der Waals surface area contributed by atoms with Crippen LogP contribution in [0.3, 0.4) is 0 Å². The average molecular weight is 428 g/mol. The van der Waals surface area contributed by atoms with Gasteiger partial charge in [0, 0.05) is 36.0 Å². The summed E-state index contributed by atoms with van der Waals surface area (Å²) in [5.74, 6) is -0.185. The fraction of sp³-hybridized carbons (Fsp3) is 0.409.